The van der Waals surface area contributed by atoms with Gasteiger partial charge in [-0.25, -0.2) is 0 Å². The highest BCUT2D eigenvalue weighted by atomic mass is 79.9. The molecule has 0 amide bonds. The summed E-state index contributed by atoms with van der Waals surface area (Å²) in [5.41, 5.74) is -0.835. The second-order valence-corrected chi connectivity index (χ2v) is 4.25. The first kappa shape index (κ1) is 9.75. The summed E-state index contributed by atoms with van der Waals surface area (Å²) in [5.74, 6) is 0.373. The Bertz CT molecular complexity index is 249. The molecule has 2 atom stereocenters. The molecule has 1 aliphatic carbocycles. The van der Waals surface area contributed by atoms with Crippen LogP contribution in [0.15, 0.2) is 34.9 Å². The predicted octanol–water partition coefficient (Wildman–Crippen LogP) is 2.78. The SMILES string of the molecule is CC1/C=C\C(Br)=C/C(C)(O)/C=C\1. The zero-order chi connectivity index (χ0) is 9.19. The van der Waals surface area contributed by atoms with Crippen molar-refractivity contribution in [3.05, 3.63) is 34.9 Å². The van der Waals surface area contributed by atoms with Crippen LogP contribution in [0, 0.1) is 5.92 Å². The highest BCUT2D eigenvalue weighted by molar-refractivity contribution is 9.11. The Labute approximate surface area is 81.6 Å². The summed E-state index contributed by atoms with van der Waals surface area (Å²) in [5, 5.41) is 9.74. The summed E-state index contributed by atoms with van der Waals surface area (Å²) in [6, 6.07) is 0. The van der Waals surface area contributed by atoms with Crippen LogP contribution in [0.25, 0.3) is 0 Å². The van der Waals surface area contributed by atoms with Crippen LogP contribution in [-0.4, -0.2) is 10.7 Å². The fourth-order valence-corrected chi connectivity index (χ4v) is 1.65. The first-order chi connectivity index (χ1) is 5.49. The van der Waals surface area contributed by atoms with Crippen LogP contribution >= 0.6 is 15.9 Å². The van der Waals surface area contributed by atoms with Crippen LogP contribution in [0.4, 0.5) is 0 Å². The molecule has 0 saturated carbocycles. The molecule has 66 valence electrons. The van der Waals surface area contributed by atoms with Crippen molar-refractivity contribution >= 4 is 15.9 Å². The van der Waals surface area contributed by atoms with Gasteiger partial charge in [-0.05, 0) is 18.9 Å². The van der Waals surface area contributed by atoms with Crippen molar-refractivity contribution in [2.45, 2.75) is 19.4 Å². The highest BCUT2D eigenvalue weighted by Crippen LogP contribution is 2.20. The maximum Gasteiger partial charge on any atom is 0.0994 e. The number of rotatable bonds is 0. The summed E-state index contributed by atoms with van der Waals surface area (Å²) in [6.07, 6.45) is 9.61. The van der Waals surface area contributed by atoms with Crippen LogP contribution in [0.2, 0.25) is 0 Å². The van der Waals surface area contributed by atoms with Gasteiger partial charge in [0.1, 0.15) is 0 Å². The molecule has 1 rings (SSSR count). The second kappa shape index (κ2) is 3.58. The van der Waals surface area contributed by atoms with Crippen molar-refractivity contribution in [2.75, 3.05) is 0 Å². The lowest BCUT2D eigenvalue weighted by Gasteiger charge is -2.16. The Balaban J connectivity index is 2.98. The molecule has 0 fully saturated rings. The Hall–Kier alpha value is -0.340. The largest absolute Gasteiger partial charge is 0.382 e. The molecule has 12 heavy (non-hydrogen) atoms. The molecule has 0 bridgehead atoms. The molecule has 0 aromatic rings. The fourth-order valence-electron chi connectivity index (χ4n) is 1.03. The normalized spacial score (nSPS) is 45.3. The zero-order valence-electron chi connectivity index (χ0n) is 7.29. The van der Waals surface area contributed by atoms with Gasteiger partial charge in [0.15, 0.2) is 0 Å². The van der Waals surface area contributed by atoms with E-state index in [9.17, 15) is 5.11 Å². The van der Waals surface area contributed by atoms with Crippen molar-refractivity contribution in [1.82, 2.24) is 0 Å². The quantitative estimate of drug-likeness (QED) is 0.633. The number of halogens is 1. The molecule has 0 saturated heterocycles. The second-order valence-electron chi connectivity index (χ2n) is 3.33. The molecular formula is C10H13BrO. The van der Waals surface area contributed by atoms with E-state index < -0.39 is 5.60 Å². The monoisotopic (exact) mass is 228 g/mol. The minimum atomic E-state index is -0.835. The third-order valence-corrected chi connectivity index (χ3v) is 2.22. The highest BCUT2D eigenvalue weighted by Gasteiger charge is 2.14. The Morgan fingerprint density at radius 1 is 1.50 bits per heavy atom. The van der Waals surface area contributed by atoms with Crippen molar-refractivity contribution in [3.8, 4) is 0 Å². The standard InChI is InChI=1S/C10H13BrO/c1-8-3-4-9(11)7-10(2,12)6-5-8/h3-8,12H,1-2H3/b4-3-,6-5-,9-7+. The van der Waals surface area contributed by atoms with Gasteiger partial charge in [0.05, 0.1) is 5.60 Å². The lowest BCUT2D eigenvalue weighted by molar-refractivity contribution is 0.163. The van der Waals surface area contributed by atoms with E-state index in [-0.39, 0.29) is 0 Å². The van der Waals surface area contributed by atoms with Gasteiger partial charge in [-0.3, -0.25) is 0 Å². The smallest absolute Gasteiger partial charge is 0.0994 e. The fraction of sp³-hybridized carbons (Fsp3) is 0.400. The third-order valence-electron chi connectivity index (χ3n) is 1.73. The average molecular weight is 229 g/mol. The minimum Gasteiger partial charge on any atom is -0.382 e. The van der Waals surface area contributed by atoms with Crippen molar-refractivity contribution in [1.29, 1.82) is 0 Å². The molecule has 0 radical (unpaired) electrons. The molecule has 1 aliphatic rings. The molecule has 1 nitrogen and oxygen atoms in total. The molecule has 1 N–H and O–H groups in total. The predicted molar refractivity (Wildman–Crippen MR) is 55.1 cm³/mol. The number of hydrogen-bond donors (Lipinski definition) is 1. The molecule has 0 heterocycles. The number of allylic oxidation sites excluding steroid dienone is 4. The molecule has 0 aromatic heterocycles. The van der Waals surface area contributed by atoms with Crippen molar-refractivity contribution in [2.24, 2.45) is 5.92 Å². The molecule has 2 heteroatoms. The molecular weight excluding hydrogens is 216 g/mol. The summed E-state index contributed by atoms with van der Waals surface area (Å²) < 4.78 is 0.920. The Kier molecular flexibility index (Phi) is 2.91. The number of hydrogen-bond acceptors (Lipinski definition) is 1. The maximum absolute atomic E-state index is 9.74. The summed E-state index contributed by atoms with van der Waals surface area (Å²) in [6.45, 7) is 3.84. The van der Waals surface area contributed by atoms with Gasteiger partial charge in [0.25, 0.3) is 0 Å². The van der Waals surface area contributed by atoms with Crippen LogP contribution in [0.5, 0.6) is 0 Å². The molecule has 0 aromatic carbocycles. The number of aliphatic hydroxyl groups is 1. The summed E-state index contributed by atoms with van der Waals surface area (Å²) in [7, 11) is 0. The third kappa shape index (κ3) is 2.95. The van der Waals surface area contributed by atoms with Crippen molar-refractivity contribution in [3.63, 3.8) is 0 Å². The summed E-state index contributed by atoms with van der Waals surface area (Å²) >= 11 is 3.36. The minimum absolute atomic E-state index is 0.373. The molecule has 0 aliphatic heterocycles. The lowest BCUT2D eigenvalue weighted by Crippen LogP contribution is -2.18. The van der Waals surface area contributed by atoms with E-state index >= 15 is 0 Å². The van der Waals surface area contributed by atoms with E-state index in [0.717, 1.165) is 4.48 Å². The topological polar surface area (TPSA) is 20.2 Å². The van der Waals surface area contributed by atoms with Gasteiger partial charge >= 0.3 is 0 Å². The first-order valence-corrected chi connectivity index (χ1v) is 4.77. The van der Waals surface area contributed by atoms with Gasteiger partial charge in [0, 0.05) is 4.48 Å². The van der Waals surface area contributed by atoms with Gasteiger partial charge < -0.3 is 5.11 Å². The van der Waals surface area contributed by atoms with Gasteiger partial charge in [-0.1, -0.05) is 47.2 Å². The van der Waals surface area contributed by atoms with Gasteiger partial charge in [0.2, 0.25) is 0 Å². The van der Waals surface area contributed by atoms with E-state index in [2.05, 4.69) is 28.9 Å². The molecule has 0 spiro atoms. The first-order valence-electron chi connectivity index (χ1n) is 3.98. The van der Waals surface area contributed by atoms with Crippen LogP contribution in [0.3, 0.4) is 0 Å². The van der Waals surface area contributed by atoms with E-state index in [1.165, 1.54) is 0 Å². The van der Waals surface area contributed by atoms with E-state index in [0.29, 0.717) is 5.92 Å². The Morgan fingerprint density at radius 2 is 2.17 bits per heavy atom. The van der Waals surface area contributed by atoms with Crippen LogP contribution in [0.1, 0.15) is 13.8 Å². The van der Waals surface area contributed by atoms with Crippen molar-refractivity contribution < 1.29 is 5.11 Å². The lowest BCUT2D eigenvalue weighted by atomic mass is 10.00. The van der Waals surface area contributed by atoms with Gasteiger partial charge in [-0.15, -0.1) is 0 Å². The van der Waals surface area contributed by atoms with E-state index in [4.69, 9.17) is 0 Å². The van der Waals surface area contributed by atoms with Crippen LogP contribution < -0.4 is 0 Å². The van der Waals surface area contributed by atoms with Gasteiger partial charge in [-0.2, -0.15) is 0 Å². The maximum atomic E-state index is 9.74. The van der Waals surface area contributed by atoms with Crippen LogP contribution in [-0.2, 0) is 0 Å². The zero-order valence-corrected chi connectivity index (χ0v) is 8.88. The van der Waals surface area contributed by atoms with E-state index in [1.54, 1.807) is 13.0 Å². The molecule has 2 unspecified atom stereocenters. The average Bonchev–Trinajstić information content (AvgIpc) is 1.95. The summed E-state index contributed by atoms with van der Waals surface area (Å²) in [4.78, 5) is 0. The van der Waals surface area contributed by atoms with E-state index in [1.807, 2.05) is 18.2 Å². The Morgan fingerprint density at radius 3 is 2.83 bits per heavy atom.